The van der Waals surface area contributed by atoms with Crippen LogP contribution in [0.2, 0.25) is 0 Å². The van der Waals surface area contributed by atoms with Crippen LogP contribution in [0.1, 0.15) is 42.5 Å². The number of imidazole rings is 1. The fourth-order valence-corrected chi connectivity index (χ4v) is 3.54. The van der Waals surface area contributed by atoms with Crippen molar-refractivity contribution in [2.75, 3.05) is 11.9 Å². The largest absolute Gasteiger partial charge is 0.424 e. The van der Waals surface area contributed by atoms with E-state index in [0.717, 1.165) is 43.5 Å². The molecule has 0 atom stereocenters. The first-order valence-corrected chi connectivity index (χ1v) is 8.93. The number of nitrogens with zero attached hydrogens (tertiary/aromatic N) is 3. The molecule has 1 aromatic carbocycles. The Labute approximate surface area is 142 Å². The number of oxazole rings is 1. The van der Waals surface area contributed by atoms with Gasteiger partial charge < -0.3 is 14.3 Å². The average molecular weight is 324 g/mol. The van der Waals surface area contributed by atoms with Crippen LogP contribution in [0.4, 0.5) is 6.01 Å². The lowest BCUT2D eigenvalue weighted by atomic mass is 10.1. The van der Waals surface area contributed by atoms with Crippen LogP contribution in [0.15, 0.2) is 22.6 Å². The van der Waals surface area contributed by atoms with Crippen LogP contribution in [0, 0.1) is 6.92 Å². The molecule has 5 nitrogen and oxygen atoms in total. The van der Waals surface area contributed by atoms with Crippen molar-refractivity contribution in [3.63, 3.8) is 0 Å². The van der Waals surface area contributed by atoms with E-state index in [-0.39, 0.29) is 0 Å². The second-order valence-corrected chi connectivity index (χ2v) is 6.52. The summed E-state index contributed by atoms with van der Waals surface area (Å²) >= 11 is 0. The van der Waals surface area contributed by atoms with Gasteiger partial charge in [-0.15, -0.1) is 0 Å². The number of aryl methyl sites for hydroxylation is 3. The predicted octanol–water partition coefficient (Wildman–Crippen LogP) is 3.89. The molecule has 0 spiro atoms. The summed E-state index contributed by atoms with van der Waals surface area (Å²) in [4.78, 5) is 9.30. The predicted molar refractivity (Wildman–Crippen MR) is 95.5 cm³/mol. The number of nitrogens with one attached hydrogen (secondary N) is 1. The highest BCUT2D eigenvalue weighted by molar-refractivity contribution is 5.75. The van der Waals surface area contributed by atoms with E-state index in [1.54, 1.807) is 0 Å². The van der Waals surface area contributed by atoms with E-state index in [2.05, 4.69) is 33.9 Å². The van der Waals surface area contributed by atoms with Crippen LogP contribution in [0.3, 0.4) is 0 Å². The van der Waals surface area contributed by atoms with Gasteiger partial charge in [-0.1, -0.05) is 6.07 Å². The maximum atomic E-state index is 5.75. The van der Waals surface area contributed by atoms with Gasteiger partial charge in [0, 0.05) is 25.2 Å². The van der Waals surface area contributed by atoms with Crippen molar-refractivity contribution in [2.24, 2.45) is 0 Å². The van der Waals surface area contributed by atoms with Crippen molar-refractivity contribution < 1.29 is 4.42 Å². The Hall–Kier alpha value is -2.30. The summed E-state index contributed by atoms with van der Waals surface area (Å²) in [5.41, 5.74) is 5.62. The quantitative estimate of drug-likeness (QED) is 0.773. The van der Waals surface area contributed by atoms with E-state index in [1.165, 1.54) is 35.6 Å². The summed E-state index contributed by atoms with van der Waals surface area (Å²) in [7, 11) is 0. The molecule has 2 aromatic heterocycles. The minimum Gasteiger partial charge on any atom is -0.424 e. The van der Waals surface area contributed by atoms with Gasteiger partial charge in [0.2, 0.25) is 0 Å². The number of hydrogen-bond acceptors (Lipinski definition) is 4. The van der Waals surface area contributed by atoms with Crippen LogP contribution < -0.4 is 5.32 Å². The molecule has 0 saturated heterocycles. The molecule has 0 amide bonds. The molecular weight excluding hydrogens is 300 g/mol. The molecule has 1 N–H and O–H groups in total. The third-order valence-corrected chi connectivity index (χ3v) is 4.86. The van der Waals surface area contributed by atoms with Crippen molar-refractivity contribution in [3.8, 4) is 0 Å². The van der Waals surface area contributed by atoms with Crippen molar-refractivity contribution in [1.82, 2.24) is 14.5 Å². The lowest BCUT2D eigenvalue weighted by Crippen LogP contribution is -2.11. The summed E-state index contributed by atoms with van der Waals surface area (Å²) in [5.74, 6) is 1.27. The summed E-state index contributed by atoms with van der Waals surface area (Å²) in [5, 5.41) is 3.12. The molecule has 0 bridgehead atoms. The lowest BCUT2D eigenvalue weighted by Gasteiger charge is -2.14. The maximum Gasteiger partial charge on any atom is 0.295 e. The topological polar surface area (TPSA) is 55.9 Å². The number of aromatic nitrogens is 3. The minimum absolute atomic E-state index is 0.599. The first-order valence-electron chi connectivity index (χ1n) is 8.93. The van der Waals surface area contributed by atoms with Gasteiger partial charge in [0.05, 0.1) is 5.69 Å². The Morgan fingerprint density at radius 3 is 2.96 bits per heavy atom. The Bertz CT molecular complexity index is 862. The van der Waals surface area contributed by atoms with Gasteiger partial charge in [-0.2, -0.15) is 4.98 Å². The zero-order chi connectivity index (χ0) is 16.5. The van der Waals surface area contributed by atoms with Crippen LogP contribution >= 0.6 is 0 Å². The van der Waals surface area contributed by atoms with Crippen molar-refractivity contribution in [2.45, 2.75) is 52.5 Å². The Balaban J connectivity index is 1.51. The molecule has 126 valence electrons. The molecule has 0 unspecified atom stereocenters. The summed E-state index contributed by atoms with van der Waals surface area (Å²) in [6.07, 6.45) is 5.63. The third kappa shape index (κ3) is 2.79. The van der Waals surface area contributed by atoms with Gasteiger partial charge in [-0.05, 0) is 57.2 Å². The molecule has 4 rings (SSSR count). The summed E-state index contributed by atoms with van der Waals surface area (Å²) in [6.45, 7) is 6.18. The number of fused-ring (bicyclic) bond motifs is 2. The lowest BCUT2D eigenvalue weighted by molar-refractivity contribution is 0.514. The highest BCUT2D eigenvalue weighted by Crippen LogP contribution is 2.23. The zero-order valence-electron chi connectivity index (χ0n) is 14.4. The summed E-state index contributed by atoms with van der Waals surface area (Å²) in [6, 6.07) is 6.89. The first kappa shape index (κ1) is 15.2. The van der Waals surface area contributed by atoms with E-state index in [1.807, 2.05) is 13.0 Å². The van der Waals surface area contributed by atoms with Gasteiger partial charge in [0.1, 0.15) is 11.3 Å². The third-order valence-electron chi connectivity index (χ3n) is 4.86. The van der Waals surface area contributed by atoms with Gasteiger partial charge in [-0.3, -0.25) is 0 Å². The molecule has 0 radical (unpaired) electrons. The molecule has 0 aliphatic carbocycles. The summed E-state index contributed by atoms with van der Waals surface area (Å²) < 4.78 is 8.15. The first-order chi connectivity index (χ1) is 11.7. The molecule has 0 fully saturated rings. The fraction of sp³-hybridized carbons (Fsp3) is 0.474. The minimum atomic E-state index is 0.599. The smallest absolute Gasteiger partial charge is 0.295 e. The Kier molecular flexibility index (Phi) is 4.00. The molecule has 24 heavy (non-hydrogen) atoms. The van der Waals surface area contributed by atoms with Crippen LogP contribution in [0.5, 0.6) is 0 Å². The molecular formula is C19H24N4O. The van der Waals surface area contributed by atoms with Crippen molar-refractivity contribution in [1.29, 1.82) is 0 Å². The van der Waals surface area contributed by atoms with Crippen molar-refractivity contribution in [3.05, 3.63) is 41.0 Å². The van der Waals surface area contributed by atoms with Crippen LogP contribution in [-0.2, 0) is 25.8 Å². The fourth-order valence-electron chi connectivity index (χ4n) is 3.54. The Morgan fingerprint density at radius 2 is 2.12 bits per heavy atom. The Morgan fingerprint density at radius 1 is 1.21 bits per heavy atom. The van der Waals surface area contributed by atoms with Gasteiger partial charge in [0.25, 0.3) is 6.01 Å². The zero-order valence-corrected chi connectivity index (χ0v) is 14.4. The standard InChI is InChI=1S/C19H24N4O/c1-3-20-19-22-16-10-8-14(12-17(16)24-19)7-9-15-13(2)23-11-5-4-6-18(23)21-15/h8,10,12H,3-7,9,11H2,1-2H3,(H,20,22). The van der Waals surface area contributed by atoms with E-state index in [4.69, 9.17) is 9.40 Å². The molecule has 3 heterocycles. The molecule has 5 heteroatoms. The average Bonchev–Trinajstić information content (AvgIpc) is 3.14. The number of benzene rings is 1. The van der Waals surface area contributed by atoms with E-state index in [0.29, 0.717) is 6.01 Å². The molecule has 1 aliphatic heterocycles. The molecule has 1 aliphatic rings. The highest BCUT2D eigenvalue weighted by Gasteiger charge is 2.16. The second-order valence-electron chi connectivity index (χ2n) is 6.52. The van der Waals surface area contributed by atoms with E-state index in [9.17, 15) is 0 Å². The van der Waals surface area contributed by atoms with Crippen LogP contribution in [-0.4, -0.2) is 21.1 Å². The monoisotopic (exact) mass is 324 g/mol. The molecule has 0 saturated carbocycles. The van der Waals surface area contributed by atoms with Crippen LogP contribution in [0.25, 0.3) is 11.1 Å². The van der Waals surface area contributed by atoms with E-state index < -0.39 is 0 Å². The highest BCUT2D eigenvalue weighted by atomic mass is 16.4. The number of anilines is 1. The number of rotatable bonds is 5. The van der Waals surface area contributed by atoms with Gasteiger partial charge in [-0.25, -0.2) is 4.98 Å². The molecule has 3 aromatic rings. The van der Waals surface area contributed by atoms with Crippen molar-refractivity contribution >= 4 is 17.1 Å². The second kappa shape index (κ2) is 6.30. The SMILES string of the molecule is CCNc1nc2ccc(CCc3nc4n(c3C)CCCC4)cc2o1. The maximum absolute atomic E-state index is 5.75. The number of hydrogen-bond donors (Lipinski definition) is 1. The van der Waals surface area contributed by atoms with Gasteiger partial charge >= 0.3 is 0 Å². The normalized spacial score (nSPS) is 14.1. The van der Waals surface area contributed by atoms with E-state index >= 15 is 0 Å². The van der Waals surface area contributed by atoms with Gasteiger partial charge in [0.15, 0.2) is 5.58 Å².